The van der Waals surface area contributed by atoms with Crippen LogP contribution in [0.3, 0.4) is 0 Å². The number of aromatic amines is 1. The smallest absolute Gasteiger partial charge is 0.195 e. The molecule has 0 unspecified atom stereocenters. The Morgan fingerprint density at radius 3 is 2.94 bits per heavy atom. The van der Waals surface area contributed by atoms with Gasteiger partial charge in [0, 0.05) is 16.6 Å². The molecule has 0 amide bonds. The zero-order valence-electron chi connectivity index (χ0n) is 8.50. The molecular weight excluding hydrogens is 293 g/mol. The molecule has 0 saturated heterocycles. The molecular formula is C10H9BrFN3S. The van der Waals surface area contributed by atoms with Crippen LogP contribution in [0.25, 0.3) is 11.4 Å². The number of hydrogen-bond acceptors (Lipinski definition) is 2. The van der Waals surface area contributed by atoms with Gasteiger partial charge in [-0.3, -0.25) is 5.10 Å². The number of halogens is 2. The Bertz CT molecular complexity index is 576. The van der Waals surface area contributed by atoms with Gasteiger partial charge in [-0.25, -0.2) is 4.39 Å². The summed E-state index contributed by atoms with van der Waals surface area (Å²) in [6.45, 7) is 2.70. The van der Waals surface area contributed by atoms with Crippen LogP contribution in [0, 0.1) is 10.6 Å². The average molecular weight is 302 g/mol. The highest BCUT2D eigenvalue weighted by Gasteiger charge is 2.11. The highest BCUT2D eigenvalue weighted by Crippen LogP contribution is 2.27. The van der Waals surface area contributed by atoms with E-state index in [1.165, 1.54) is 12.1 Å². The molecule has 6 heteroatoms. The quantitative estimate of drug-likeness (QED) is 0.861. The van der Waals surface area contributed by atoms with Crippen LogP contribution in [0.4, 0.5) is 4.39 Å². The third kappa shape index (κ3) is 1.94. The summed E-state index contributed by atoms with van der Waals surface area (Å²) >= 11 is 8.41. The summed E-state index contributed by atoms with van der Waals surface area (Å²) in [6, 6.07) is 4.49. The first-order valence-corrected chi connectivity index (χ1v) is 5.94. The first-order valence-electron chi connectivity index (χ1n) is 4.74. The standard InChI is InChI=1S/C10H9BrFN3S/c1-2-15-9(13-14-10(15)16)7-4-3-6(12)5-8(7)11/h3-5H,2H2,1H3,(H,14,16). The third-order valence-corrected chi connectivity index (χ3v) is 3.21. The van der Waals surface area contributed by atoms with Crippen LogP contribution in [-0.2, 0) is 6.54 Å². The zero-order valence-corrected chi connectivity index (χ0v) is 10.9. The van der Waals surface area contributed by atoms with E-state index in [2.05, 4.69) is 26.1 Å². The van der Waals surface area contributed by atoms with Gasteiger partial charge in [0.15, 0.2) is 10.6 Å². The molecule has 0 spiro atoms. The van der Waals surface area contributed by atoms with E-state index >= 15 is 0 Å². The lowest BCUT2D eigenvalue weighted by atomic mass is 10.2. The number of benzene rings is 1. The van der Waals surface area contributed by atoms with Crippen molar-refractivity contribution in [3.05, 3.63) is 33.3 Å². The van der Waals surface area contributed by atoms with Gasteiger partial charge in [-0.2, -0.15) is 5.10 Å². The van der Waals surface area contributed by atoms with Gasteiger partial charge in [0.1, 0.15) is 5.82 Å². The molecule has 2 rings (SSSR count). The number of hydrogen-bond donors (Lipinski definition) is 1. The van der Waals surface area contributed by atoms with E-state index < -0.39 is 0 Å². The minimum Gasteiger partial charge on any atom is -0.300 e. The maximum atomic E-state index is 13.0. The molecule has 1 N–H and O–H groups in total. The lowest BCUT2D eigenvalue weighted by Gasteiger charge is -2.05. The molecule has 0 aliphatic heterocycles. The molecule has 0 radical (unpaired) electrons. The molecule has 0 fully saturated rings. The van der Waals surface area contributed by atoms with Crippen LogP contribution in [0.5, 0.6) is 0 Å². The minimum absolute atomic E-state index is 0.284. The fourth-order valence-electron chi connectivity index (χ4n) is 1.49. The monoisotopic (exact) mass is 301 g/mol. The van der Waals surface area contributed by atoms with E-state index in [1.807, 2.05) is 11.5 Å². The van der Waals surface area contributed by atoms with E-state index in [4.69, 9.17) is 12.2 Å². The van der Waals surface area contributed by atoms with E-state index in [1.54, 1.807) is 6.07 Å². The van der Waals surface area contributed by atoms with Crippen molar-refractivity contribution in [3.63, 3.8) is 0 Å². The molecule has 0 saturated carbocycles. The van der Waals surface area contributed by atoms with Crippen molar-refractivity contribution in [2.24, 2.45) is 0 Å². The summed E-state index contributed by atoms with van der Waals surface area (Å²) in [5.41, 5.74) is 0.815. The van der Waals surface area contributed by atoms with Gasteiger partial charge in [-0.15, -0.1) is 0 Å². The molecule has 0 bridgehead atoms. The maximum absolute atomic E-state index is 13.0. The van der Waals surface area contributed by atoms with Crippen molar-refractivity contribution < 1.29 is 4.39 Å². The number of nitrogens with one attached hydrogen (secondary N) is 1. The van der Waals surface area contributed by atoms with Crippen molar-refractivity contribution in [2.45, 2.75) is 13.5 Å². The fraction of sp³-hybridized carbons (Fsp3) is 0.200. The number of H-pyrrole nitrogens is 1. The SMILES string of the molecule is CCn1c(-c2ccc(F)cc2Br)n[nH]c1=S. The summed E-state index contributed by atoms with van der Waals surface area (Å²) in [4.78, 5) is 0. The van der Waals surface area contributed by atoms with Gasteiger partial charge in [-0.1, -0.05) is 0 Å². The predicted octanol–water partition coefficient (Wildman–Crippen LogP) is 3.53. The van der Waals surface area contributed by atoms with Crippen LogP contribution >= 0.6 is 28.1 Å². The Kier molecular flexibility index (Phi) is 3.20. The molecule has 84 valence electrons. The molecule has 1 aromatic carbocycles. The second-order valence-electron chi connectivity index (χ2n) is 3.22. The van der Waals surface area contributed by atoms with Crippen LogP contribution in [0.1, 0.15) is 6.92 Å². The summed E-state index contributed by atoms with van der Waals surface area (Å²) in [5.74, 6) is 0.423. The Hall–Kier alpha value is -1.01. The normalized spacial score (nSPS) is 10.7. The Morgan fingerprint density at radius 2 is 2.31 bits per heavy atom. The van der Waals surface area contributed by atoms with Crippen molar-refractivity contribution in [1.29, 1.82) is 0 Å². The van der Waals surface area contributed by atoms with E-state index in [0.29, 0.717) is 21.6 Å². The highest BCUT2D eigenvalue weighted by atomic mass is 79.9. The van der Waals surface area contributed by atoms with Crippen molar-refractivity contribution in [3.8, 4) is 11.4 Å². The van der Waals surface area contributed by atoms with Gasteiger partial charge in [0.25, 0.3) is 0 Å². The summed E-state index contributed by atoms with van der Waals surface area (Å²) < 4.78 is 16.0. The summed E-state index contributed by atoms with van der Waals surface area (Å²) in [7, 11) is 0. The van der Waals surface area contributed by atoms with Gasteiger partial charge in [0.2, 0.25) is 0 Å². The summed E-state index contributed by atoms with van der Waals surface area (Å²) in [5, 5.41) is 6.87. The van der Waals surface area contributed by atoms with Gasteiger partial charge >= 0.3 is 0 Å². The lowest BCUT2D eigenvalue weighted by molar-refractivity contribution is 0.627. The van der Waals surface area contributed by atoms with Crippen LogP contribution in [0.2, 0.25) is 0 Å². The lowest BCUT2D eigenvalue weighted by Crippen LogP contribution is -1.98. The molecule has 0 aliphatic carbocycles. The molecule has 3 nitrogen and oxygen atoms in total. The molecule has 0 atom stereocenters. The number of nitrogens with zero attached hydrogens (tertiary/aromatic N) is 2. The molecule has 1 heterocycles. The maximum Gasteiger partial charge on any atom is 0.195 e. The van der Waals surface area contributed by atoms with Crippen LogP contribution < -0.4 is 0 Å². The Labute approximate surface area is 105 Å². The van der Waals surface area contributed by atoms with E-state index in [0.717, 1.165) is 5.56 Å². The fourth-order valence-corrected chi connectivity index (χ4v) is 2.28. The predicted molar refractivity (Wildman–Crippen MR) is 66.2 cm³/mol. The topological polar surface area (TPSA) is 33.6 Å². The third-order valence-electron chi connectivity index (χ3n) is 2.25. The highest BCUT2D eigenvalue weighted by molar-refractivity contribution is 9.10. The summed E-state index contributed by atoms with van der Waals surface area (Å²) in [6.07, 6.45) is 0. The van der Waals surface area contributed by atoms with Crippen LogP contribution in [-0.4, -0.2) is 14.8 Å². The minimum atomic E-state index is -0.284. The van der Waals surface area contributed by atoms with Gasteiger partial charge < -0.3 is 4.57 Å². The first-order chi connectivity index (χ1) is 7.63. The number of rotatable bonds is 2. The Morgan fingerprint density at radius 1 is 1.56 bits per heavy atom. The largest absolute Gasteiger partial charge is 0.300 e. The van der Waals surface area contributed by atoms with Gasteiger partial charge in [0.05, 0.1) is 0 Å². The van der Waals surface area contributed by atoms with E-state index in [-0.39, 0.29) is 5.82 Å². The van der Waals surface area contributed by atoms with E-state index in [9.17, 15) is 4.39 Å². The molecule has 1 aromatic heterocycles. The van der Waals surface area contributed by atoms with Crippen molar-refractivity contribution >= 4 is 28.1 Å². The van der Waals surface area contributed by atoms with Crippen molar-refractivity contribution in [2.75, 3.05) is 0 Å². The molecule has 0 aliphatic rings. The second kappa shape index (κ2) is 4.47. The first kappa shape index (κ1) is 11.5. The number of aromatic nitrogens is 3. The second-order valence-corrected chi connectivity index (χ2v) is 4.46. The molecule has 16 heavy (non-hydrogen) atoms. The van der Waals surface area contributed by atoms with Crippen molar-refractivity contribution in [1.82, 2.24) is 14.8 Å². The Balaban J connectivity index is 2.63. The van der Waals surface area contributed by atoms with Gasteiger partial charge in [-0.05, 0) is 53.3 Å². The zero-order chi connectivity index (χ0) is 11.7. The molecule has 2 aromatic rings. The van der Waals surface area contributed by atoms with Crippen LogP contribution in [0.15, 0.2) is 22.7 Å². The average Bonchev–Trinajstić information content (AvgIpc) is 2.59.